The standard InChI is InChI=1S/C7H9N2/c8-5-6-3-1-2-4-7(6)9/h1-3H,5,8-9H2. The molecule has 2 nitrogen and oxygen atoms in total. The molecule has 0 saturated heterocycles. The summed E-state index contributed by atoms with van der Waals surface area (Å²) in [5, 5.41) is 0. The number of nitrogen functional groups attached to an aromatic ring is 1. The van der Waals surface area contributed by atoms with Gasteiger partial charge in [-0.3, -0.25) is 0 Å². The molecule has 0 atom stereocenters. The number of nitrogens with two attached hydrogens (primary N) is 2. The fourth-order valence-corrected chi connectivity index (χ4v) is 0.663. The number of benzene rings is 1. The van der Waals surface area contributed by atoms with Gasteiger partial charge in [-0.25, -0.2) is 0 Å². The lowest BCUT2D eigenvalue weighted by Crippen LogP contribution is -2.00. The van der Waals surface area contributed by atoms with E-state index in [9.17, 15) is 0 Å². The molecule has 0 saturated carbocycles. The lowest BCUT2D eigenvalue weighted by molar-refractivity contribution is 1.07. The van der Waals surface area contributed by atoms with Crippen molar-refractivity contribution in [3.05, 3.63) is 29.8 Å². The van der Waals surface area contributed by atoms with Crippen LogP contribution in [-0.4, -0.2) is 0 Å². The Bertz CT molecular complexity index is 196. The van der Waals surface area contributed by atoms with Gasteiger partial charge in [-0.15, -0.1) is 0 Å². The minimum Gasteiger partial charge on any atom is -0.398 e. The number of para-hydroxylation sites is 1. The number of rotatable bonds is 1. The van der Waals surface area contributed by atoms with Crippen molar-refractivity contribution < 1.29 is 0 Å². The fraction of sp³-hybridized carbons (Fsp3) is 0.143. The second-order valence-corrected chi connectivity index (χ2v) is 1.81. The molecule has 0 amide bonds. The van der Waals surface area contributed by atoms with Gasteiger partial charge in [0.15, 0.2) is 0 Å². The summed E-state index contributed by atoms with van der Waals surface area (Å²) in [7, 11) is 0. The Kier molecular flexibility index (Phi) is 1.70. The molecule has 4 N–H and O–H groups in total. The first-order valence-corrected chi connectivity index (χ1v) is 2.79. The van der Waals surface area contributed by atoms with Crippen molar-refractivity contribution >= 4 is 5.69 Å². The molecule has 1 radical (unpaired) electrons. The topological polar surface area (TPSA) is 52.0 Å². The minimum absolute atomic E-state index is 0.489. The molecule has 1 rings (SSSR count). The summed E-state index contributed by atoms with van der Waals surface area (Å²) >= 11 is 0. The van der Waals surface area contributed by atoms with Gasteiger partial charge in [0.05, 0.1) is 0 Å². The highest BCUT2D eigenvalue weighted by Gasteiger charge is 1.91. The van der Waals surface area contributed by atoms with E-state index < -0.39 is 0 Å². The van der Waals surface area contributed by atoms with Gasteiger partial charge < -0.3 is 11.5 Å². The van der Waals surface area contributed by atoms with Gasteiger partial charge >= 0.3 is 0 Å². The van der Waals surface area contributed by atoms with Crippen LogP contribution in [-0.2, 0) is 6.54 Å². The summed E-state index contributed by atoms with van der Waals surface area (Å²) in [5.74, 6) is 0. The molecular formula is C7H9N2. The lowest BCUT2D eigenvalue weighted by Gasteiger charge is -1.97. The average Bonchev–Trinajstić information content (AvgIpc) is 1.89. The lowest BCUT2D eigenvalue weighted by atomic mass is 10.2. The van der Waals surface area contributed by atoms with Crippen LogP contribution in [0, 0.1) is 6.07 Å². The van der Waals surface area contributed by atoms with Gasteiger partial charge in [0.2, 0.25) is 0 Å². The first-order valence-electron chi connectivity index (χ1n) is 2.79. The predicted octanol–water partition coefficient (Wildman–Crippen LogP) is 0.528. The van der Waals surface area contributed by atoms with E-state index in [0.717, 1.165) is 5.56 Å². The Balaban J connectivity index is 3.01. The van der Waals surface area contributed by atoms with Crippen LogP contribution in [0.25, 0.3) is 0 Å². The van der Waals surface area contributed by atoms with E-state index in [1.54, 1.807) is 6.07 Å². The number of anilines is 1. The van der Waals surface area contributed by atoms with Crippen LogP contribution in [0.15, 0.2) is 18.2 Å². The Labute approximate surface area is 54.5 Å². The van der Waals surface area contributed by atoms with Crippen LogP contribution in [0.5, 0.6) is 0 Å². The molecule has 1 aromatic rings. The molecule has 0 aromatic heterocycles. The van der Waals surface area contributed by atoms with Crippen LogP contribution in [0.4, 0.5) is 5.69 Å². The highest BCUT2D eigenvalue weighted by atomic mass is 14.6. The molecule has 0 aliphatic heterocycles. The number of hydrogen-bond acceptors (Lipinski definition) is 2. The van der Waals surface area contributed by atoms with Crippen molar-refractivity contribution in [2.45, 2.75) is 6.54 Å². The van der Waals surface area contributed by atoms with Crippen molar-refractivity contribution in [3.63, 3.8) is 0 Å². The highest BCUT2D eigenvalue weighted by molar-refractivity contribution is 5.44. The van der Waals surface area contributed by atoms with Crippen molar-refractivity contribution in [2.24, 2.45) is 5.73 Å². The zero-order chi connectivity index (χ0) is 6.69. The van der Waals surface area contributed by atoms with Gasteiger partial charge in [0, 0.05) is 18.3 Å². The van der Waals surface area contributed by atoms with E-state index >= 15 is 0 Å². The maximum Gasteiger partial charge on any atom is 0.0440 e. The Morgan fingerprint density at radius 2 is 2.33 bits per heavy atom. The van der Waals surface area contributed by atoms with E-state index in [4.69, 9.17) is 11.5 Å². The first-order chi connectivity index (χ1) is 4.34. The molecule has 0 fully saturated rings. The van der Waals surface area contributed by atoms with Crippen LogP contribution in [0.1, 0.15) is 5.56 Å². The molecular weight excluding hydrogens is 112 g/mol. The van der Waals surface area contributed by atoms with Crippen LogP contribution in [0.3, 0.4) is 0 Å². The quantitative estimate of drug-likeness (QED) is 0.532. The summed E-state index contributed by atoms with van der Waals surface area (Å²) in [6.07, 6.45) is 0. The molecule has 1 aromatic carbocycles. The second kappa shape index (κ2) is 2.51. The third kappa shape index (κ3) is 1.21. The van der Waals surface area contributed by atoms with E-state index in [0.29, 0.717) is 12.2 Å². The maximum absolute atomic E-state index is 5.50. The summed E-state index contributed by atoms with van der Waals surface area (Å²) < 4.78 is 0. The minimum atomic E-state index is 0.489. The molecule has 0 aliphatic rings. The predicted molar refractivity (Wildman–Crippen MR) is 37.6 cm³/mol. The maximum atomic E-state index is 5.50. The largest absolute Gasteiger partial charge is 0.398 e. The monoisotopic (exact) mass is 121 g/mol. The smallest absolute Gasteiger partial charge is 0.0440 e. The summed E-state index contributed by atoms with van der Waals surface area (Å²) in [5.41, 5.74) is 12.5. The normalized spacial score (nSPS) is 9.44. The third-order valence-electron chi connectivity index (χ3n) is 1.20. The first kappa shape index (κ1) is 6.11. The average molecular weight is 121 g/mol. The van der Waals surface area contributed by atoms with E-state index in [-0.39, 0.29) is 0 Å². The van der Waals surface area contributed by atoms with Crippen LogP contribution in [0.2, 0.25) is 0 Å². The fourth-order valence-electron chi connectivity index (χ4n) is 0.663. The van der Waals surface area contributed by atoms with Gasteiger partial charge in [0.25, 0.3) is 0 Å². The number of hydrogen-bond donors (Lipinski definition) is 2. The summed E-state index contributed by atoms with van der Waals surface area (Å²) in [6.45, 7) is 0.489. The van der Waals surface area contributed by atoms with Gasteiger partial charge in [-0.05, 0) is 5.56 Å². The van der Waals surface area contributed by atoms with Gasteiger partial charge in [0.1, 0.15) is 0 Å². The zero-order valence-corrected chi connectivity index (χ0v) is 5.09. The van der Waals surface area contributed by atoms with E-state index in [1.165, 1.54) is 0 Å². The third-order valence-corrected chi connectivity index (χ3v) is 1.20. The van der Waals surface area contributed by atoms with Crippen molar-refractivity contribution in [3.8, 4) is 0 Å². The Morgan fingerprint density at radius 3 is 2.78 bits per heavy atom. The Hall–Kier alpha value is -1.02. The molecule has 47 valence electrons. The van der Waals surface area contributed by atoms with E-state index in [1.807, 2.05) is 12.1 Å². The van der Waals surface area contributed by atoms with Crippen LogP contribution >= 0.6 is 0 Å². The molecule has 0 spiro atoms. The second-order valence-electron chi connectivity index (χ2n) is 1.81. The van der Waals surface area contributed by atoms with Crippen molar-refractivity contribution in [1.82, 2.24) is 0 Å². The molecule has 2 heteroatoms. The molecule has 0 heterocycles. The van der Waals surface area contributed by atoms with Crippen LogP contribution < -0.4 is 11.5 Å². The summed E-state index contributed by atoms with van der Waals surface area (Å²) in [4.78, 5) is 0. The highest BCUT2D eigenvalue weighted by Crippen LogP contribution is 2.06. The molecule has 0 unspecified atom stereocenters. The van der Waals surface area contributed by atoms with Crippen molar-refractivity contribution in [2.75, 3.05) is 5.73 Å². The van der Waals surface area contributed by atoms with E-state index in [2.05, 4.69) is 6.07 Å². The van der Waals surface area contributed by atoms with Crippen molar-refractivity contribution in [1.29, 1.82) is 0 Å². The zero-order valence-electron chi connectivity index (χ0n) is 5.09. The molecule has 0 aliphatic carbocycles. The molecule has 9 heavy (non-hydrogen) atoms. The SMILES string of the molecule is NCc1ccc[c]c1N. The van der Waals surface area contributed by atoms with Gasteiger partial charge in [-0.2, -0.15) is 0 Å². The van der Waals surface area contributed by atoms with Gasteiger partial charge in [-0.1, -0.05) is 18.2 Å². The Morgan fingerprint density at radius 1 is 1.56 bits per heavy atom. The molecule has 0 bridgehead atoms. The summed E-state index contributed by atoms with van der Waals surface area (Å²) in [6, 6.07) is 8.39.